The number of hydrogen-bond acceptors (Lipinski definition) is 8. The van der Waals surface area contributed by atoms with Crippen LogP contribution in [0.3, 0.4) is 0 Å². The number of hydrogen-bond donors (Lipinski definition) is 1. The minimum Gasteiger partial charge on any atom is -0.490 e. The molecule has 2 unspecified atom stereocenters. The molecule has 4 heterocycles. The second-order valence-corrected chi connectivity index (χ2v) is 18.4. The van der Waals surface area contributed by atoms with Gasteiger partial charge < -0.3 is 23.7 Å². The lowest BCUT2D eigenvalue weighted by Gasteiger charge is -2.46. The molecule has 1 saturated carbocycles. The van der Waals surface area contributed by atoms with Gasteiger partial charge in [0.05, 0.1) is 30.3 Å². The number of ether oxygens (including phenoxy) is 3. The van der Waals surface area contributed by atoms with Crippen molar-refractivity contribution >= 4 is 39.0 Å². The van der Waals surface area contributed by atoms with Crippen LogP contribution in [0.15, 0.2) is 59.1 Å². The van der Waals surface area contributed by atoms with Gasteiger partial charge in [-0.3, -0.25) is 14.3 Å². The zero-order valence-corrected chi connectivity index (χ0v) is 32.9. The molecule has 2 amide bonds. The van der Waals surface area contributed by atoms with Crippen LogP contribution in [0.5, 0.6) is 5.75 Å². The van der Waals surface area contributed by atoms with E-state index in [0.29, 0.717) is 55.7 Å². The third-order valence-electron chi connectivity index (χ3n) is 12.3. The molecule has 2 bridgehead atoms. The van der Waals surface area contributed by atoms with Gasteiger partial charge in [0.1, 0.15) is 27.2 Å². The van der Waals surface area contributed by atoms with Gasteiger partial charge in [0, 0.05) is 62.5 Å². The molecule has 7 atom stereocenters. The number of nitrogens with zero attached hydrogens (tertiary/aromatic N) is 4. The van der Waals surface area contributed by atoms with Gasteiger partial charge in [-0.25, -0.2) is 9.19 Å². The summed E-state index contributed by atoms with van der Waals surface area (Å²) in [5.74, 6) is 0.704. The molecule has 54 heavy (non-hydrogen) atoms. The number of methoxy groups -OCH3 is 2. The van der Waals surface area contributed by atoms with Crippen LogP contribution in [0.1, 0.15) is 83.2 Å². The Morgan fingerprint density at radius 2 is 2.00 bits per heavy atom. The smallest absolute Gasteiger partial charge is 0.286 e. The SMILES string of the molecule is COC1CCn2cc(C(=O)NS3(=O)=NC(=O)c4ccc5c(c4)N(C[C@@H]4CC[C@H]4[C@@H](OC)/C=C\C[C@H](C)C3)C[C@@]3(CCCc4cc(Cl)ccc43)CO5)nc2C1. The van der Waals surface area contributed by atoms with Gasteiger partial charge in [0.2, 0.25) is 0 Å². The molecule has 288 valence electrons. The van der Waals surface area contributed by atoms with Crippen molar-refractivity contribution in [3.8, 4) is 5.75 Å². The predicted octanol–water partition coefficient (Wildman–Crippen LogP) is 6.56. The molecule has 3 aromatic rings. The number of anilines is 1. The van der Waals surface area contributed by atoms with E-state index in [1.54, 1.807) is 26.5 Å². The summed E-state index contributed by atoms with van der Waals surface area (Å²) < 4.78 is 41.9. The van der Waals surface area contributed by atoms with Crippen LogP contribution < -0.4 is 14.4 Å². The number of halogens is 1. The maximum Gasteiger partial charge on any atom is 0.286 e. The Hall–Kier alpha value is -3.71. The van der Waals surface area contributed by atoms with Gasteiger partial charge >= 0.3 is 0 Å². The number of rotatable bonds is 4. The van der Waals surface area contributed by atoms with E-state index in [1.807, 2.05) is 29.7 Å². The lowest BCUT2D eigenvalue weighted by atomic mass is 9.68. The lowest BCUT2D eigenvalue weighted by molar-refractivity contribution is 0.0131. The fourth-order valence-electron chi connectivity index (χ4n) is 9.27. The van der Waals surface area contributed by atoms with E-state index >= 15 is 0 Å². The molecule has 1 N–H and O–H groups in total. The molecule has 0 saturated heterocycles. The van der Waals surface area contributed by atoms with Crippen molar-refractivity contribution < 1.29 is 28.0 Å². The van der Waals surface area contributed by atoms with Crippen molar-refractivity contribution in [1.82, 2.24) is 14.3 Å². The Morgan fingerprint density at radius 1 is 1.13 bits per heavy atom. The van der Waals surface area contributed by atoms with Gasteiger partial charge in [-0.05, 0) is 104 Å². The molecule has 2 aromatic carbocycles. The van der Waals surface area contributed by atoms with E-state index in [9.17, 15) is 13.8 Å². The van der Waals surface area contributed by atoms with Gasteiger partial charge in [0.15, 0.2) is 0 Å². The average molecular weight is 776 g/mol. The highest BCUT2D eigenvalue weighted by atomic mass is 35.5. The second-order valence-electron chi connectivity index (χ2n) is 16.0. The van der Waals surface area contributed by atoms with Crippen molar-refractivity contribution in [2.45, 2.75) is 82.5 Å². The molecule has 5 aliphatic rings. The predicted molar refractivity (Wildman–Crippen MR) is 209 cm³/mol. The molecule has 2 aliphatic carbocycles. The van der Waals surface area contributed by atoms with Crippen molar-refractivity contribution in [3.63, 3.8) is 0 Å². The molecule has 11 nitrogen and oxygen atoms in total. The second kappa shape index (κ2) is 15.1. The molecule has 1 spiro atoms. The number of carbonyl (C=O) groups is 2. The summed E-state index contributed by atoms with van der Waals surface area (Å²) in [6.45, 7) is 4.61. The van der Waals surface area contributed by atoms with E-state index in [0.717, 1.165) is 61.6 Å². The van der Waals surface area contributed by atoms with Crippen molar-refractivity contribution in [2.75, 3.05) is 44.6 Å². The number of aromatic nitrogens is 2. The first-order valence-electron chi connectivity index (χ1n) is 19.3. The standard InChI is InChI=1S/C41H50ClN5O6S/c1-26-6-4-8-36(52-3)32-12-9-29(32)21-47-24-41(16-5-7-27-18-30(42)11-13-33(27)41)25-53-37-14-10-28(19-35(37)47)39(48)44-54(50,23-26)45-40(49)34-22-46-17-15-31(51-2)20-38(46)43-34/h4,8,10-11,13-14,18-19,22,26,29,31-32,36H,5-7,9,12,15-17,20-21,23-25H2,1-3H3,(H,44,45,48,49,50)/b8-4-/t26-,29-,31?,32+,36-,41-,54?/m0/s1. The Labute approximate surface area is 323 Å². The number of amides is 2. The van der Waals surface area contributed by atoms with E-state index < -0.39 is 21.7 Å². The first-order chi connectivity index (χ1) is 26.0. The number of allylic oxidation sites excluding steroid dienone is 1. The van der Waals surface area contributed by atoms with Crippen LogP contribution in [0, 0.1) is 17.8 Å². The fourth-order valence-corrected chi connectivity index (χ4v) is 11.3. The topological polar surface area (TPSA) is 124 Å². The zero-order chi connectivity index (χ0) is 37.6. The number of benzene rings is 2. The summed E-state index contributed by atoms with van der Waals surface area (Å²) in [7, 11) is -0.139. The Morgan fingerprint density at radius 3 is 2.80 bits per heavy atom. The summed E-state index contributed by atoms with van der Waals surface area (Å²) >= 11 is 6.47. The summed E-state index contributed by atoms with van der Waals surface area (Å²) in [4.78, 5) is 34.8. The number of aryl methyl sites for hydroxylation is 2. The third-order valence-corrected chi connectivity index (χ3v) is 14.5. The molecule has 8 rings (SSSR count). The molecule has 1 fully saturated rings. The maximum atomic E-state index is 14.7. The van der Waals surface area contributed by atoms with E-state index in [-0.39, 0.29) is 35.0 Å². The number of carbonyl (C=O) groups excluding carboxylic acids is 2. The molecule has 13 heteroatoms. The van der Waals surface area contributed by atoms with Gasteiger partial charge in [-0.2, -0.15) is 0 Å². The average Bonchev–Trinajstić information content (AvgIpc) is 3.51. The zero-order valence-electron chi connectivity index (χ0n) is 31.3. The highest BCUT2D eigenvalue weighted by Crippen LogP contribution is 2.47. The normalized spacial score (nSPS) is 31.4. The van der Waals surface area contributed by atoms with Gasteiger partial charge in [-0.1, -0.05) is 36.7 Å². The quantitative estimate of drug-likeness (QED) is 0.296. The van der Waals surface area contributed by atoms with Crippen LogP contribution in [0.2, 0.25) is 5.02 Å². The molecular formula is C41H50ClN5O6S. The van der Waals surface area contributed by atoms with Crippen LogP contribution >= 0.6 is 11.6 Å². The fraction of sp³-hybridized carbons (Fsp3) is 0.537. The monoisotopic (exact) mass is 775 g/mol. The van der Waals surface area contributed by atoms with Crippen LogP contribution in [0.4, 0.5) is 5.69 Å². The van der Waals surface area contributed by atoms with Crippen molar-refractivity contribution in [3.05, 3.63) is 88.0 Å². The van der Waals surface area contributed by atoms with E-state index in [1.165, 1.54) is 11.1 Å². The molecule has 0 radical (unpaired) electrons. The van der Waals surface area contributed by atoms with Gasteiger partial charge in [-0.15, -0.1) is 4.36 Å². The van der Waals surface area contributed by atoms with Crippen LogP contribution in [-0.2, 0) is 44.2 Å². The minimum absolute atomic E-state index is 0.00996. The maximum absolute atomic E-state index is 14.7. The lowest BCUT2D eigenvalue weighted by Crippen LogP contribution is -2.49. The molecule has 3 aliphatic heterocycles. The summed E-state index contributed by atoms with van der Waals surface area (Å²) in [5.41, 5.74) is 3.52. The van der Waals surface area contributed by atoms with Crippen LogP contribution in [-0.4, -0.2) is 77.5 Å². The third kappa shape index (κ3) is 7.34. The minimum atomic E-state index is -3.58. The molecule has 1 aromatic heterocycles. The highest BCUT2D eigenvalue weighted by Gasteiger charge is 2.44. The van der Waals surface area contributed by atoms with Crippen molar-refractivity contribution in [1.29, 1.82) is 0 Å². The van der Waals surface area contributed by atoms with Crippen molar-refractivity contribution in [2.24, 2.45) is 22.1 Å². The summed E-state index contributed by atoms with van der Waals surface area (Å²) in [6, 6.07) is 11.6. The van der Waals surface area contributed by atoms with E-state index in [4.69, 9.17) is 25.8 Å². The molecular weight excluding hydrogens is 726 g/mol. The Balaban J connectivity index is 1.17. The number of fused-ring (bicyclic) bond motifs is 5. The summed E-state index contributed by atoms with van der Waals surface area (Å²) in [6.07, 6.45) is 12.9. The first kappa shape index (κ1) is 37.2. The van der Waals surface area contributed by atoms with Gasteiger partial charge in [0.25, 0.3) is 11.8 Å². The van der Waals surface area contributed by atoms with Crippen LogP contribution in [0.25, 0.3) is 0 Å². The largest absolute Gasteiger partial charge is 0.490 e. The number of nitrogens with one attached hydrogen (secondary N) is 1. The first-order valence-corrected chi connectivity index (χ1v) is 21.3. The number of imidazole rings is 1. The van der Waals surface area contributed by atoms with E-state index in [2.05, 4.69) is 43.3 Å². The highest BCUT2D eigenvalue weighted by molar-refractivity contribution is 7.92. The Kier molecular flexibility index (Phi) is 10.4. The summed E-state index contributed by atoms with van der Waals surface area (Å²) in [5, 5.41) is 0.739. The Bertz CT molecular complexity index is 2090.